The monoisotopic (exact) mass is 316 g/mol. The van der Waals surface area contributed by atoms with E-state index in [0.29, 0.717) is 24.4 Å². The predicted molar refractivity (Wildman–Crippen MR) is 87.7 cm³/mol. The summed E-state index contributed by atoms with van der Waals surface area (Å²) in [6, 6.07) is 8.06. The number of ether oxygens (including phenoxy) is 1. The number of anilines is 1. The van der Waals surface area contributed by atoms with Crippen LogP contribution >= 0.6 is 0 Å². The molecule has 1 fully saturated rings. The molecule has 0 unspecified atom stereocenters. The number of hydrogen-bond donors (Lipinski definition) is 1. The summed E-state index contributed by atoms with van der Waals surface area (Å²) < 4.78 is 10.9. The second-order valence-electron chi connectivity index (χ2n) is 6.51. The third kappa shape index (κ3) is 3.53. The first-order valence-electron chi connectivity index (χ1n) is 7.60. The van der Waals surface area contributed by atoms with Crippen LogP contribution in [-0.2, 0) is 4.74 Å². The van der Waals surface area contributed by atoms with Crippen molar-refractivity contribution in [2.75, 3.05) is 18.4 Å². The Kier molecular flexibility index (Phi) is 3.85. The Bertz CT molecular complexity index is 797. The van der Waals surface area contributed by atoms with Gasteiger partial charge in [-0.05, 0) is 45.0 Å². The van der Waals surface area contributed by atoms with Crippen LogP contribution in [0.3, 0.4) is 0 Å². The first-order chi connectivity index (χ1) is 10.8. The molecule has 2 amide bonds. The van der Waals surface area contributed by atoms with Crippen LogP contribution in [-0.4, -0.2) is 35.7 Å². The Morgan fingerprint density at radius 3 is 2.83 bits per heavy atom. The van der Waals surface area contributed by atoms with E-state index < -0.39 is 0 Å². The Morgan fingerprint density at radius 1 is 1.30 bits per heavy atom. The lowest BCUT2D eigenvalue weighted by Gasteiger charge is -2.41. The van der Waals surface area contributed by atoms with Gasteiger partial charge in [0.15, 0.2) is 0 Å². The second-order valence-corrected chi connectivity index (χ2v) is 6.51. The maximum Gasteiger partial charge on any atom is 0.336 e. The van der Waals surface area contributed by atoms with Gasteiger partial charge in [-0.3, -0.25) is 0 Å². The Balaban J connectivity index is 1.77. The number of morpholine rings is 1. The van der Waals surface area contributed by atoms with Crippen molar-refractivity contribution in [2.45, 2.75) is 32.5 Å². The van der Waals surface area contributed by atoms with Crippen LogP contribution in [0.4, 0.5) is 10.5 Å². The first-order valence-corrected chi connectivity index (χ1v) is 7.60. The van der Waals surface area contributed by atoms with E-state index in [-0.39, 0.29) is 23.4 Å². The minimum atomic E-state index is -0.390. The van der Waals surface area contributed by atoms with Crippen LogP contribution < -0.4 is 10.9 Å². The summed E-state index contributed by atoms with van der Waals surface area (Å²) in [5.41, 5.74) is 0.408. The van der Waals surface area contributed by atoms with E-state index in [1.54, 1.807) is 29.2 Å². The molecular weight excluding hydrogens is 296 g/mol. The maximum absolute atomic E-state index is 12.5. The Hall–Kier alpha value is -2.34. The summed E-state index contributed by atoms with van der Waals surface area (Å²) in [5, 5.41) is 3.65. The van der Waals surface area contributed by atoms with Crippen LogP contribution in [0.25, 0.3) is 11.0 Å². The molecule has 3 rings (SSSR count). The molecular formula is C17H20N2O4. The molecule has 0 bridgehead atoms. The van der Waals surface area contributed by atoms with Crippen LogP contribution in [0.1, 0.15) is 20.8 Å². The SMILES string of the molecule is C[C@@H]1CN(C(=O)Nc2ccc3oc(=O)ccc3c2)CC(C)(C)O1. The van der Waals surface area contributed by atoms with Crippen molar-refractivity contribution < 1.29 is 13.9 Å². The van der Waals surface area contributed by atoms with Gasteiger partial charge in [-0.1, -0.05) is 0 Å². The van der Waals surface area contributed by atoms with Crippen molar-refractivity contribution in [3.05, 3.63) is 40.8 Å². The number of carbonyl (C=O) groups excluding carboxylic acids is 1. The van der Waals surface area contributed by atoms with E-state index >= 15 is 0 Å². The van der Waals surface area contributed by atoms with Gasteiger partial charge in [0.1, 0.15) is 5.58 Å². The number of fused-ring (bicyclic) bond motifs is 1. The minimum absolute atomic E-state index is 0.00428. The van der Waals surface area contributed by atoms with E-state index in [1.807, 2.05) is 20.8 Å². The van der Waals surface area contributed by atoms with Crippen molar-refractivity contribution in [2.24, 2.45) is 0 Å². The zero-order valence-electron chi connectivity index (χ0n) is 13.5. The molecule has 1 aromatic carbocycles. The topological polar surface area (TPSA) is 71.8 Å². The highest BCUT2D eigenvalue weighted by Crippen LogP contribution is 2.22. The molecule has 1 aliphatic rings. The van der Waals surface area contributed by atoms with Crippen molar-refractivity contribution in [3.63, 3.8) is 0 Å². The average molecular weight is 316 g/mol. The molecule has 1 N–H and O–H groups in total. The lowest BCUT2D eigenvalue weighted by atomic mass is 10.1. The highest BCUT2D eigenvalue weighted by molar-refractivity contribution is 5.92. The molecule has 122 valence electrons. The van der Waals surface area contributed by atoms with Gasteiger partial charge in [0.05, 0.1) is 18.2 Å². The molecule has 1 aromatic heterocycles. The number of urea groups is 1. The zero-order valence-corrected chi connectivity index (χ0v) is 13.5. The van der Waals surface area contributed by atoms with E-state index in [1.165, 1.54) is 6.07 Å². The molecule has 1 aliphatic heterocycles. The van der Waals surface area contributed by atoms with Gasteiger partial charge in [-0.2, -0.15) is 0 Å². The molecule has 23 heavy (non-hydrogen) atoms. The second kappa shape index (κ2) is 5.70. The fourth-order valence-electron chi connectivity index (χ4n) is 2.96. The number of nitrogens with zero attached hydrogens (tertiary/aromatic N) is 1. The highest BCUT2D eigenvalue weighted by atomic mass is 16.5. The van der Waals surface area contributed by atoms with Crippen LogP contribution in [0.15, 0.2) is 39.5 Å². The molecule has 0 saturated carbocycles. The van der Waals surface area contributed by atoms with Gasteiger partial charge < -0.3 is 19.4 Å². The van der Waals surface area contributed by atoms with E-state index in [4.69, 9.17) is 9.15 Å². The number of hydrogen-bond acceptors (Lipinski definition) is 4. The van der Waals surface area contributed by atoms with Crippen LogP contribution in [0.5, 0.6) is 0 Å². The van der Waals surface area contributed by atoms with E-state index in [2.05, 4.69) is 5.32 Å². The minimum Gasteiger partial charge on any atom is -0.423 e. The lowest BCUT2D eigenvalue weighted by Crippen LogP contribution is -2.54. The van der Waals surface area contributed by atoms with Gasteiger partial charge in [-0.15, -0.1) is 0 Å². The molecule has 0 aliphatic carbocycles. The number of nitrogens with one attached hydrogen (secondary N) is 1. The normalized spacial score (nSPS) is 20.5. The number of carbonyl (C=O) groups is 1. The van der Waals surface area contributed by atoms with Crippen LogP contribution in [0.2, 0.25) is 0 Å². The third-order valence-corrected chi connectivity index (χ3v) is 3.73. The molecule has 0 radical (unpaired) electrons. The van der Waals surface area contributed by atoms with Gasteiger partial charge >= 0.3 is 11.7 Å². The number of benzene rings is 1. The Morgan fingerprint density at radius 2 is 2.09 bits per heavy atom. The van der Waals surface area contributed by atoms with Crippen LogP contribution in [0, 0.1) is 0 Å². The van der Waals surface area contributed by atoms with Gasteiger partial charge in [0.25, 0.3) is 0 Å². The predicted octanol–water partition coefficient (Wildman–Crippen LogP) is 2.82. The standard InChI is InChI=1S/C17H20N2O4/c1-11-9-19(10-17(2,3)23-11)16(21)18-13-5-6-14-12(8-13)4-7-15(20)22-14/h4-8,11H,9-10H2,1-3H3,(H,18,21)/t11-/m1/s1. The smallest absolute Gasteiger partial charge is 0.336 e. The molecule has 6 heteroatoms. The summed E-state index contributed by atoms with van der Waals surface area (Å²) in [4.78, 5) is 25.4. The summed E-state index contributed by atoms with van der Waals surface area (Å²) in [6.07, 6.45) is -0.00428. The van der Waals surface area contributed by atoms with Gasteiger partial charge in [-0.25, -0.2) is 9.59 Å². The summed E-state index contributed by atoms with van der Waals surface area (Å²) in [5.74, 6) is 0. The maximum atomic E-state index is 12.5. The van der Waals surface area contributed by atoms with Gasteiger partial charge in [0.2, 0.25) is 0 Å². The van der Waals surface area contributed by atoms with Crippen molar-refractivity contribution in [3.8, 4) is 0 Å². The van der Waals surface area contributed by atoms with Crippen molar-refractivity contribution >= 4 is 22.7 Å². The molecule has 1 atom stereocenters. The average Bonchev–Trinajstić information content (AvgIpc) is 2.45. The largest absolute Gasteiger partial charge is 0.423 e. The molecule has 0 spiro atoms. The van der Waals surface area contributed by atoms with E-state index in [0.717, 1.165) is 5.39 Å². The lowest BCUT2D eigenvalue weighted by molar-refractivity contribution is -0.116. The third-order valence-electron chi connectivity index (χ3n) is 3.73. The van der Waals surface area contributed by atoms with Crippen molar-refractivity contribution in [1.82, 2.24) is 4.90 Å². The number of rotatable bonds is 1. The molecule has 1 saturated heterocycles. The summed E-state index contributed by atoms with van der Waals surface area (Å²) in [7, 11) is 0. The highest BCUT2D eigenvalue weighted by Gasteiger charge is 2.33. The summed E-state index contributed by atoms with van der Waals surface area (Å²) >= 11 is 0. The fraction of sp³-hybridized carbons (Fsp3) is 0.412. The first kappa shape index (κ1) is 15.6. The fourth-order valence-corrected chi connectivity index (χ4v) is 2.96. The molecule has 2 aromatic rings. The zero-order chi connectivity index (χ0) is 16.6. The number of amides is 2. The van der Waals surface area contributed by atoms with Gasteiger partial charge in [0, 0.05) is 23.7 Å². The molecule has 2 heterocycles. The summed E-state index contributed by atoms with van der Waals surface area (Å²) in [6.45, 7) is 6.99. The van der Waals surface area contributed by atoms with E-state index in [9.17, 15) is 9.59 Å². The quantitative estimate of drug-likeness (QED) is 0.821. The Labute approximate surface area is 134 Å². The molecule has 6 nitrogen and oxygen atoms in total. The van der Waals surface area contributed by atoms with Crippen molar-refractivity contribution in [1.29, 1.82) is 0 Å².